The number of thioether (sulfide) groups is 1. The van der Waals surface area contributed by atoms with Crippen LogP contribution in [0.1, 0.15) is 6.92 Å². The molecule has 1 heterocycles. The first-order valence-electron chi connectivity index (χ1n) is 3.94. The van der Waals surface area contributed by atoms with E-state index in [4.69, 9.17) is 4.74 Å². The molecule has 0 aliphatic carbocycles. The summed E-state index contributed by atoms with van der Waals surface area (Å²) >= 11 is 1.39. The number of rotatable bonds is 4. The number of carbonyl (C=O) groups is 1. The standard InChI is InChI=1S/C7H10N4O2S/c1-3-13-6(12)4-5-11-7(14-2)8-9-10-11/h4-5H,3H2,1-2H3/b5-4-. The number of hydrogen-bond acceptors (Lipinski definition) is 6. The Morgan fingerprint density at radius 3 is 3.14 bits per heavy atom. The van der Waals surface area contributed by atoms with Gasteiger partial charge < -0.3 is 4.74 Å². The first-order chi connectivity index (χ1) is 6.77. The lowest BCUT2D eigenvalue weighted by atomic mass is 10.6. The number of carbonyl (C=O) groups excluding carboxylic acids is 1. The van der Waals surface area contributed by atoms with Gasteiger partial charge in [-0.05, 0) is 23.6 Å². The summed E-state index contributed by atoms with van der Waals surface area (Å²) in [6.45, 7) is 2.10. The van der Waals surface area contributed by atoms with E-state index in [1.165, 1.54) is 28.7 Å². The van der Waals surface area contributed by atoms with Crippen molar-refractivity contribution in [1.29, 1.82) is 0 Å². The summed E-state index contributed by atoms with van der Waals surface area (Å²) in [4.78, 5) is 10.9. The Labute approximate surface area is 85.3 Å². The summed E-state index contributed by atoms with van der Waals surface area (Å²) < 4.78 is 6.10. The molecule has 0 saturated carbocycles. The lowest BCUT2D eigenvalue weighted by Gasteiger charge is -1.95. The molecule has 76 valence electrons. The van der Waals surface area contributed by atoms with Crippen LogP contribution in [0.4, 0.5) is 0 Å². The number of ether oxygens (including phenoxy) is 1. The number of esters is 1. The maximum Gasteiger partial charge on any atom is 0.332 e. The Balaban J connectivity index is 2.63. The Bertz CT molecular complexity index is 336. The van der Waals surface area contributed by atoms with Gasteiger partial charge in [-0.1, -0.05) is 11.8 Å². The summed E-state index contributed by atoms with van der Waals surface area (Å²) in [5.41, 5.74) is 0. The van der Waals surface area contributed by atoms with E-state index in [1.807, 2.05) is 6.26 Å². The van der Waals surface area contributed by atoms with Gasteiger partial charge in [0.15, 0.2) is 0 Å². The van der Waals surface area contributed by atoms with Crippen molar-refractivity contribution >= 4 is 23.9 Å². The zero-order chi connectivity index (χ0) is 10.4. The molecule has 0 unspecified atom stereocenters. The largest absolute Gasteiger partial charge is 0.463 e. The Morgan fingerprint density at radius 1 is 1.71 bits per heavy atom. The fourth-order valence-corrected chi connectivity index (χ4v) is 1.14. The third-order valence-corrected chi connectivity index (χ3v) is 1.92. The molecule has 0 bridgehead atoms. The Kier molecular flexibility index (Phi) is 4.11. The van der Waals surface area contributed by atoms with Crippen molar-refractivity contribution in [2.24, 2.45) is 0 Å². The molecule has 14 heavy (non-hydrogen) atoms. The first kappa shape index (κ1) is 10.7. The molecule has 0 aliphatic heterocycles. The highest BCUT2D eigenvalue weighted by molar-refractivity contribution is 7.98. The van der Waals surface area contributed by atoms with Crippen molar-refractivity contribution in [2.75, 3.05) is 12.9 Å². The number of tetrazole rings is 1. The molecule has 0 fully saturated rings. The lowest BCUT2D eigenvalue weighted by molar-refractivity contribution is -0.137. The van der Waals surface area contributed by atoms with E-state index in [2.05, 4.69) is 15.5 Å². The normalized spacial score (nSPS) is 10.7. The van der Waals surface area contributed by atoms with Gasteiger partial charge in [0.1, 0.15) is 0 Å². The number of nitrogens with zero attached hydrogens (tertiary/aromatic N) is 4. The monoisotopic (exact) mass is 214 g/mol. The quantitative estimate of drug-likeness (QED) is 0.411. The molecule has 0 aliphatic rings. The zero-order valence-corrected chi connectivity index (χ0v) is 8.69. The van der Waals surface area contributed by atoms with Crippen molar-refractivity contribution in [3.05, 3.63) is 6.08 Å². The van der Waals surface area contributed by atoms with E-state index in [0.717, 1.165) is 0 Å². The average Bonchev–Trinajstić information content (AvgIpc) is 2.62. The third-order valence-electron chi connectivity index (χ3n) is 1.28. The second-order valence-electron chi connectivity index (χ2n) is 2.18. The maximum absolute atomic E-state index is 10.9. The molecule has 1 rings (SSSR count). The second-order valence-corrected chi connectivity index (χ2v) is 2.95. The molecule has 0 saturated heterocycles. The van der Waals surface area contributed by atoms with Gasteiger partial charge in [0, 0.05) is 12.3 Å². The van der Waals surface area contributed by atoms with Crippen LogP contribution in [0.15, 0.2) is 11.2 Å². The molecular weight excluding hydrogens is 204 g/mol. The minimum atomic E-state index is -0.407. The van der Waals surface area contributed by atoms with Crippen LogP contribution >= 0.6 is 11.8 Å². The zero-order valence-electron chi connectivity index (χ0n) is 7.88. The van der Waals surface area contributed by atoms with Gasteiger partial charge in [0.25, 0.3) is 0 Å². The molecule has 0 amide bonds. The fourth-order valence-electron chi connectivity index (χ4n) is 0.735. The summed E-state index contributed by atoms with van der Waals surface area (Å²) in [6.07, 6.45) is 4.59. The fraction of sp³-hybridized carbons (Fsp3) is 0.429. The minimum absolute atomic E-state index is 0.355. The molecule has 0 radical (unpaired) electrons. The number of hydrogen-bond donors (Lipinski definition) is 0. The molecule has 1 aromatic rings. The van der Waals surface area contributed by atoms with Gasteiger partial charge in [0.05, 0.1) is 6.61 Å². The first-order valence-corrected chi connectivity index (χ1v) is 5.17. The van der Waals surface area contributed by atoms with Gasteiger partial charge in [-0.3, -0.25) is 0 Å². The second kappa shape index (κ2) is 5.38. The van der Waals surface area contributed by atoms with E-state index in [-0.39, 0.29) is 0 Å². The molecule has 0 spiro atoms. The van der Waals surface area contributed by atoms with Crippen molar-refractivity contribution in [3.63, 3.8) is 0 Å². The molecule has 6 nitrogen and oxygen atoms in total. The molecule has 7 heteroatoms. The molecule has 0 N–H and O–H groups in total. The van der Waals surface area contributed by atoms with E-state index in [9.17, 15) is 4.79 Å². The van der Waals surface area contributed by atoms with Crippen LogP contribution in [0.5, 0.6) is 0 Å². The summed E-state index contributed by atoms with van der Waals surface area (Å²) in [5, 5.41) is 11.5. The smallest absolute Gasteiger partial charge is 0.332 e. The average molecular weight is 214 g/mol. The highest BCUT2D eigenvalue weighted by Crippen LogP contribution is 2.08. The SMILES string of the molecule is CCOC(=O)/C=C\n1nnnc1SC. The van der Waals surface area contributed by atoms with Crippen LogP contribution in [-0.2, 0) is 9.53 Å². The topological polar surface area (TPSA) is 69.9 Å². The van der Waals surface area contributed by atoms with Gasteiger partial charge in [-0.15, -0.1) is 5.10 Å². The van der Waals surface area contributed by atoms with Crippen LogP contribution in [0.25, 0.3) is 6.20 Å². The van der Waals surface area contributed by atoms with Crippen LogP contribution in [0.2, 0.25) is 0 Å². The van der Waals surface area contributed by atoms with E-state index >= 15 is 0 Å². The summed E-state index contributed by atoms with van der Waals surface area (Å²) in [5.74, 6) is -0.407. The van der Waals surface area contributed by atoms with E-state index < -0.39 is 5.97 Å². The molecule has 1 aromatic heterocycles. The van der Waals surface area contributed by atoms with E-state index in [1.54, 1.807) is 6.92 Å². The highest BCUT2D eigenvalue weighted by Gasteiger charge is 2.01. The van der Waals surface area contributed by atoms with Gasteiger partial charge in [0.2, 0.25) is 5.16 Å². The Hall–Kier alpha value is -1.37. The van der Waals surface area contributed by atoms with E-state index in [0.29, 0.717) is 11.8 Å². The molecule has 0 atom stereocenters. The van der Waals surface area contributed by atoms with Crippen molar-refractivity contribution in [3.8, 4) is 0 Å². The van der Waals surface area contributed by atoms with Gasteiger partial charge >= 0.3 is 5.97 Å². The Morgan fingerprint density at radius 2 is 2.50 bits per heavy atom. The van der Waals surface area contributed by atoms with Gasteiger partial charge in [-0.25, -0.2) is 4.79 Å². The predicted octanol–water partition coefficient (Wildman–Crippen LogP) is 0.429. The summed E-state index contributed by atoms with van der Waals surface area (Å²) in [7, 11) is 0. The van der Waals surface area contributed by atoms with Crippen LogP contribution < -0.4 is 0 Å². The van der Waals surface area contributed by atoms with Crippen molar-refractivity contribution in [2.45, 2.75) is 12.1 Å². The molecular formula is C7H10N4O2S. The lowest BCUT2D eigenvalue weighted by Crippen LogP contribution is -2.00. The van der Waals surface area contributed by atoms with Crippen LogP contribution in [0, 0.1) is 0 Å². The number of aromatic nitrogens is 4. The molecule has 0 aromatic carbocycles. The van der Waals surface area contributed by atoms with Crippen molar-refractivity contribution < 1.29 is 9.53 Å². The maximum atomic E-state index is 10.9. The van der Waals surface area contributed by atoms with Gasteiger partial charge in [-0.2, -0.15) is 4.68 Å². The highest BCUT2D eigenvalue weighted by atomic mass is 32.2. The minimum Gasteiger partial charge on any atom is -0.463 e. The van der Waals surface area contributed by atoms with Crippen LogP contribution in [-0.4, -0.2) is 39.0 Å². The summed E-state index contributed by atoms with van der Waals surface area (Å²) in [6, 6.07) is 0. The predicted molar refractivity (Wildman–Crippen MR) is 51.6 cm³/mol. The van der Waals surface area contributed by atoms with Crippen LogP contribution in [0.3, 0.4) is 0 Å². The van der Waals surface area contributed by atoms with Crippen molar-refractivity contribution in [1.82, 2.24) is 20.2 Å². The third kappa shape index (κ3) is 2.84.